The summed E-state index contributed by atoms with van der Waals surface area (Å²) in [7, 11) is 0. The van der Waals surface area contributed by atoms with Gasteiger partial charge in [-0.05, 0) is 6.42 Å². The molecule has 1 unspecified atom stereocenters. The minimum Gasteiger partial charge on any atom is -0.379 e. The van der Waals surface area contributed by atoms with E-state index in [0.717, 1.165) is 13.0 Å². The van der Waals surface area contributed by atoms with Crippen molar-refractivity contribution in [1.29, 1.82) is 0 Å². The highest BCUT2D eigenvalue weighted by Gasteiger charge is 2.19. The van der Waals surface area contributed by atoms with Crippen molar-refractivity contribution >= 4 is 5.95 Å². The standard InChI is InChI=1S/C6H10N4O/c7-6-8-4-9-10(6)5-1-2-11-3-5/h4-5H,1-3H2,(H2,7,8,9). The highest BCUT2D eigenvalue weighted by atomic mass is 16.5. The molecule has 2 N–H and O–H groups in total. The van der Waals surface area contributed by atoms with Gasteiger partial charge in [0.25, 0.3) is 0 Å². The number of rotatable bonds is 1. The number of nitrogen functional groups attached to an aromatic ring is 1. The fraction of sp³-hybridized carbons (Fsp3) is 0.667. The first-order valence-corrected chi connectivity index (χ1v) is 3.60. The maximum Gasteiger partial charge on any atom is 0.218 e. The number of anilines is 1. The van der Waals surface area contributed by atoms with E-state index in [2.05, 4.69) is 10.1 Å². The Labute approximate surface area is 64.2 Å². The molecule has 1 aliphatic heterocycles. The average Bonchev–Trinajstić information content (AvgIpc) is 2.55. The number of aromatic nitrogens is 3. The molecule has 0 radical (unpaired) electrons. The molecule has 0 amide bonds. The zero-order chi connectivity index (χ0) is 7.68. The van der Waals surface area contributed by atoms with E-state index >= 15 is 0 Å². The van der Waals surface area contributed by atoms with Gasteiger partial charge in [0.2, 0.25) is 5.95 Å². The van der Waals surface area contributed by atoms with Crippen molar-refractivity contribution in [1.82, 2.24) is 14.8 Å². The van der Waals surface area contributed by atoms with Crippen LogP contribution in [-0.2, 0) is 4.74 Å². The van der Waals surface area contributed by atoms with Crippen molar-refractivity contribution in [2.75, 3.05) is 18.9 Å². The minimum absolute atomic E-state index is 0.289. The predicted molar refractivity (Wildman–Crippen MR) is 38.9 cm³/mol. The normalized spacial score (nSPS) is 24.2. The van der Waals surface area contributed by atoms with E-state index in [9.17, 15) is 0 Å². The van der Waals surface area contributed by atoms with Gasteiger partial charge in [-0.15, -0.1) is 0 Å². The van der Waals surface area contributed by atoms with Gasteiger partial charge in [-0.25, -0.2) is 9.67 Å². The molecule has 2 heterocycles. The molecular formula is C6H10N4O. The highest BCUT2D eigenvalue weighted by molar-refractivity contribution is 5.13. The summed E-state index contributed by atoms with van der Waals surface area (Å²) in [4.78, 5) is 3.84. The summed E-state index contributed by atoms with van der Waals surface area (Å²) >= 11 is 0. The van der Waals surface area contributed by atoms with Gasteiger partial charge in [0.1, 0.15) is 6.33 Å². The van der Waals surface area contributed by atoms with E-state index < -0.39 is 0 Å². The Balaban J connectivity index is 2.21. The second kappa shape index (κ2) is 2.50. The molecule has 2 rings (SSSR count). The lowest BCUT2D eigenvalue weighted by molar-refractivity contribution is 0.185. The van der Waals surface area contributed by atoms with Crippen LogP contribution in [0.15, 0.2) is 6.33 Å². The van der Waals surface area contributed by atoms with Crippen LogP contribution < -0.4 is 5.73 Å². The largest absolute Gasteiger partial charge is 0.379 e. The molecule has 0 spiro atoms. The van der Waals surface area contributed by atoms with Gasteiger partial charge in [-0.1, -0.05) is 0 Å². The van der Waals surface area contributed by atoms with Gasteiger partial charge < -0.3 is 10.5 Å². The third-order valence-electron chi connectivity index (χ3n) is 1.85. The maximum absolute atomic E-state index is 5.55. The van der Waals surface area contributed by atoms with Crippen molar-refractivity contribution < 1.29 is 4.74 Å². The summed E-state index contributed by atoms with van der Waals surface area (Å²) in [6, 6.07) is 0.289. The molecule has 1 aromatic rings. The number of nitrogens with two attached hydrogens (primary N) is 1. The Morgan fingerprint density at radius 1 is 1.73 bits per heavy atom. The maximum atomic E-state index is 5.55. The van der Waals surface area contributed by atoms with Crippen LogP contribution in [0.5, 0.6) is 0 Å². The van der Waals surface area contributed by atoms with Crippen molar-refractivity contribution in [3.8, 4) is 0 Å². The molecule has 11 heavy (non-hydrogen) atoms. The van der Waals surface area contributed by atoms with Gasteiger partial charge in [0.05, 0.1) is 12.6 Å². The van der Waals surface area contributed by atoms with E-state index in [4.69, 9.17) is 10.5 Å². The molecule has 5 nitrogen and oxygen atoms in total. The van der Waals surface area contributed by atoms with Crippen molar-refractivity contribution in [2.24, 2.45) is 0 Å². The smallest absolute Gasteiger partial charge is 0.218 e. The van der Waals surface area contributed by atoms with Crippen molar-refractivity contribution in [3.63, 3.8) is 0 Å². The van der Waals surface area contributed by atoms with Crippen LogP contribution in [0.3, 0.4) is 0 Å². The van der Waals surface area contributed by atoms with E-state index in [1.165, 1.54) is 6.33 Å². The second-order valence-corrected chi connectivity index (χ2v) is 2.58. The van der Waals surface area contributed by atoms with Gasteiger partial charge >= 0.3 is 0 Å². The first kappa shape index (κ1) is 6.60. The molecular weight excluding hydrogens is 144 g/mol. The van der Waals surface area contributed by atoms with Crippen molar-refractivity contribution in [3.05, 3.63) is 6.33 Å². The third-order valence-corrected chi connectivity index (χ3v) is 1.85. The number of hydrogen-bond acceptors (Lipinski definition) is 4. The molecule has 1 aromatic heterocycles. The van der Waals surface area contributed by atoms with E-state index in [1.807, 2.05) is 0 Å². The van der Waals surface area contributed by atoms with Gasteiger partial charge in [-0.3, -0.25) is 0 Å². The van der Waals surface area contributed by atoms with Crippen LogP contribution in [0.4, 0.5) is 5.95 Å². The van der Waals surface area contributed by atoms with Crippen LogP contribution in [0.1, 0.15) is 12.5 Å². The quantitative estimate of drug-likeness (QED) is 0.609. The highest BCUT2D eigenvalue weighted by Crippen LogP contribution is 2.18. The number of nitrogens with zero attached hydrogens (tertiary/aromatic N) is 3. The molecule has 1 fully saturated rings. The topological polar surface area (TPSA) is 66.0 Å². The zero-order valence-corrected chi connectivity index (χ0v) is 6.10. The lowest BCUT2D eigenvalue weighted by atomic mass is 10.3. The molecule has 0 aromatic carbocycles. The molecule has 0 saturated carbocycles. The molecule has 1 atom stereocenters. The Morgan fingerprint density at radius 2 is 2.64 bits per heavy atom. The van der Waals surface area contributed by atoms with Crippen LogP contribution in [0.25, 0.3) is 0 Å². The van der Waals surface area contributed by atoms with Gasteiger partial charge in [-0.2, -0.15) is 5.10 Å². The summed E-state index contributed by atoms with van der Waals surface area (Å²) in [5.41, 5.74) is 5.55. The van der Waals surface area contributed by atoms with Gasteiger partial charge in [0, 0.05) is 6.61 Å². The minimum atomic E-state index is 0.289. The summed E-state index contributed by atoms with van der Waals surface area (Å²) in [6.45, 7) is 1.50. The Morgan fingerprint density at radius 3 is 3.18 bits per heavy atom. The Kier molecular flexibility index (Phi) is 1.50. The summed E-state index contributed by atoms with van der Waals surface area (Å²) < 4.78 is 6.91. The van der Waals surface area contributed by atoms with Crippen LogP contribution in [0.2, 0.25) is 0 Å². The fourth-order valence-electron chi connectivity index (χ4n) is 1.26. The summed E-state index contributed by atoms with van der Waals surface area (Å²) in [5.74, 6) is 0.473. The number of ether oxygens (including phenoxy) is 1. The van der Waals surface area contributed by atoms with Crippen LogP contribution in [0, 0.1) is 0 Å². The molecule has 0 bridgehead atoms. The van der Waals surface area contributed by atoms with E-state index in [-0.39, 0.29) is 6.04 Å². The molecule has 1 saturated heterocycles. The van der Waals surface area contributed by atoms with Gasteiger partial charge in [0.15, 0.2) is 0 Å². The number of hydrogen-bond donors (Lipinski definition) is 1. The Hall–Kier alpha value is -1.10. The summed E-state index contributed by atoms with van der Waals surface area (Å²) in [6.07, 6.45) is 2.45. The lowest BCUT2D eigenvalue weighted by Crippen LogP contribution is -2.13. The van der Waals surface area contributed by atoms with E-state index in [1.54, 1.807) is 4.68 Å². The van der Waals surface area contributed by atoms with E-state index in [0.29, 0.717) is 12.6 Å². The zero-order valence-electron chi connectivity index (χ0n) is 6.10. The predicted octanol–water partition coefficient (Wildman–Crippen LogP) is -0.178. The Bertz CT molecular complexity index is 240. The first-order valence-electron chi connectivity index (χ1n) is 3.60. The second-order valence-electron chi connectivity index (χ2n) is 2.58. The molecule has 0 aliphatic carbocycles. The molecule has 5 heteroatoms. The fourth-order valence-corrected chi connectivity index (χ4v) is 1.26. The molecule has 60 valence electrons. The lowest BCUT2D eigenvalue weighted by Gasteiger charge is -2.07. The first-order chi connectivity index (χ1) is 5.38. The summed E-state index contributed by atoms with van der Waals surface area (Å²) in [5, 5.41) is 4.00. The third kappa shape index (κ3) is 1.07. The van der Waals surface area contributed by atoms with Crippen molar-refractivity contribution in [2.45, 2.75) is 12.5 Å². The molecule has 1 aliphatic rings. The van der Waals surface area contributed by atoms with Crippen LogP contribution in [-0.4, -0.2) is 28.0 Å². The SMILES string of the molecule is Nc1ncnn1C1CCOC1. The monoisotopic (exact) mass is 154 g/mol. The average molecular weight is 154 g/mol. The van der Waals surface area contributed by atoms with Crippen LogP contribution >= 0.6 is 0 Å².